The first-order valence-corrected chi connectivity index (χ1v) is 36.8. The molecule has 6 nitrogen and oxygen atoms in total. The van der Waals surface area contributed by atoms with Crippen LogP contribution in [0.2, 0.25) is 0 Å². The third-order valence-electron chi connectivity index (χ3n) is 17.7. The van der Waals surface area contributed by atoms with E-state index in [9.17, 15) is 19.8 Å². The average Bonchev–Trinajstić information content (AvgIpc) is 3.45. The lowest BCUT2D eigenvalue weighted by molar-refractivity contribution is -0.143. The van der Waals surface area contributed by atoms with E-state index in [1.807, 2.05) is 0 Å². The maximum atomic E-state index is 12.5. The van der Waals surface area contributed by atoms with Crippen LogP contribution in [0.5, 0.6) is 0 Å². The molecule has 6 heteroatoms. The highest BCUT2D eigenvalue weighted by atomic mass is 16.5. The summed E-state index contributed by atoms with van der Waals surface area (Å²) in [6, 6.07) is -0.537. The van der Waals surface area contributed by atoms with Crippen molar-refractivity contribution in [2.45, 2.75) is 443 Å². The lowest BCUT2D eigenvalue weighted by Gasteiger charge is -2.22. The van der Waals surface area contributed by atoms with E-state index in [1.165, 1.54) is 360 Å². The van der Waals surface area contributed by atoms with Gasteiger partial charge in [0.1, 0.15) is 0 Å². The van der Waals surface area contributed by atoms with E-state index in [0.717, 1.165) is 38.5 Å². The zero-order valence-electron chi connectivity index (χ0n) is 54.2. The first-order valence-electron chi connectivity index (χ1n) is 36.8. The Labute approximate surface area is 496 Å². The van der Waals surface area contributed by atoms with E-state index in [1.54, 1.807) is 0 Å². The summed E-state index contributed by atoms with van der Waals surface area (Å²) in [5.74, 6) is -0.00138. The number of amides is 1. The number of aliphatic hydroxyl groups excluding tert-OH is 2. The maximum Gasteiger partial charge on any atom is 0.305 e. The van der Waals surface area contributed by atoms with Crippen LogP contribution in [0.15, 0.2) is 0 Å². The zero-order chi connectivity index (χ0) is 57.1. The third kappa shape index (κ3) is 65.9. The average molecular weight is 1120 g/mol. The molecule has 0 aromatic rings. The van der Waals surface area contributed by atoms with Crippen molar-refractivity contribution in [3.8, 4) is 0 Å². The first-order chi connectivity index (χ1) is 39.0. The number of carbonyl (C=O) groups is 2. The molecule has 0 aliphatic heterocycles. The van der Waals surface area contributed by atoms with E-state index < -0.39 is 12.1 Å². The van der Waals surface area contributed by atoms with Gasteiger partial charge in [-0.2, -0.15) is 0 Å². The van der Waals surface area contributed by atoms with Gasteiger partial charge in [0.25, 0.3) is 0 Å². The molecule has 0 saturated carbocycles. The van der Waals surface area contributed by atoms with E-state index in [0.29, 0.717) is 25.9 Å². The molecule has 2 unspecified atom stereocenters. The van der Waals surface area contributed by atoms with Crippen molar-refractivity contribution >= 4 is 11.9 Å². The highest BCUT2D eigenvalue weighted by Crippen LogP contribution is 2.20. The van der Waals surface area contributed by atoms with Gasteiger partial charge in [-0.1, -0.05) is 393 Å². The molecule has 0 radical (unpaired) electrons. The molecule has 79 heavy (non-hydrogen) atoms. The van der Waals surface area contributed by atoms with Gasteiger partial charge in [-0.3, -0.25) is 9.59 Å². The molecule has 0 bridgehead atoms. The number of carbonyl (C=O) groups excluding carboxylic acids is 2. The summed E-state index contributed by atoms with van der Waals surface area (Å²) < 4.78 is 5.50. The summed E-state index contributed by atoms with van der Waals surface area (Å²) >= 11 is 0. The lowest BCUT2D eigenvalue weighted by Crippen LogP contribution is -2.45. The number of hydrogen-bond donors (Lipinski definition) is 3. The summed E-state index contributed by atoms with van der Waals surface area (Å²) in [6.07, 6.45) is 84.6. The monoisotopic (exact) mass is 1120 g/mol. The maximum absolute atomic E-state index is 12.5. The molecule has 472 valence electrons. The predicted molar refractivity (Wildman–Crippen MR) is 347 cm³/mol. The summed E-state index contributed by atoms with van der Waals surface area (Å²) in [5.41, 5.74) is 0. The molecule has 0 aliphatic carbocycles. The van der Waals surface area contributed by atoms with E-state index in [-0.39, 0.29) is 18.5 Å². The Kier molecular flexibility index (Phi) is 68.4. The van der Waals surface area contributed by atoms with Crippen LogP contribution >= 0.6 is 0 Å². The smallest absolute Gasteiger partial charge is 0.305 e. The van der Waals surface area contributed by atoms with Crippen LogP contribution < -0.4 is 5.32 Å². The lowest BCUT2D eigenvalue weighted by atomic mass is 10.0. The van der Waals surface area contributed by atoms with Gasteiger partial charge in [0.05, 0.1) is 25.4 Å². The van der Waals surface area contributed by atoms with Gasteiger partial charge in [-0.15, -0.1) is 0 Å². The van der Waals surface area contributed by atoms with Gasteiger partial charge in [0.15, 0.2) is 0 Å². The van der Waals surface area contributed by atoms with Crippen LogP contribution in [0.1, 0.15) is 431 Å². The SMILES string of the molecule is CCCCCCCCCCCCCCCCCCC(O)C(CO)NC(=O)CCCCCCCCCCCCCCCCCCCCCCCCCCCCCCCCCCOC(=O)CCCCCCCCCCCCCCCC. The molecule has 0 rings (SSSR count). The second-order valence-electron chi connectivity index (χ2n) is 25.6. The van der Waals surface area contributed by atoms with Gasteiger partial charge in [-0.25, -0.2) is 0 Å². The molecule has 3 N–H and O–H groups in total. The number of ether oxygens (including phenoxy) is 1. The van der Waals surface area contributed by atoms with Crippen LogP contribution in [0, 0.1) is 0 Å². The summed E-state index contributed by atoms with van der Waals surface area (Å²) in [6.45, 7) is 5.01. The van der Waals surface area contributed by atoms with Gasteiger partial charge in [-0.05, 0) is 25.7 Å². The fraction of sp³-hybridized carbons (Fsp3) is 0.973. The largest absolute Gasteiger partial charge is 0.466 e. The van der Waals surface area contributed by atoms with Gasteiger partial charge >= 0.3 is 5.97 Å². The van der Waals surface area contributed by atoms with Crippen molar-refractivity contribution in [1.82, 2.24) is 5.32 Å². The number of hydrogen-bond acceptors (Lipinski definition) is 5. The molecule has 0 saturated heterocycles. The highest BCUT2D eigenvalue weighted by Gasteiger charge is 2.20. The molecule has 0 heterocycles. The van der Waals surface area contributed by atoms with Crippen molar-refractivity contribution in [1.29, 1.82) is 0 Å². The molecule has 0 spiro atoms. The van der Waals surface area contributed by atoms with E-state index >= 15 is 0 Å². The van der Waals surface area contributed by atoms with Gasteiger partial charge in [0.2, 0.25) is 5.91 Å². The van der Waals surface area contributed by atoms with Gasteiger partial charge in [0, 0.05) is 12.8 Å². The van der Waals surface area contributed by atoms with Crippen molar-refractivity contribution < 1.29 is 24.5 Å². The van der Waals surface area contributed by atoms with Crippen LogP contribution in [0.4, 0.5) is 0 Å². The Morgan fingerprint density at radius 3 is 0.772 bits per heavy atom. The number of esters is 1. The number of nitrogens with one attached hydrogen (secondary N) is 1. The van der Waals surface area contributed by atoms with Crippen LogP contribution in [-0.2, 0) is 14.3 Å². The van der Waals surface area contributed by atoms with Gasteiger partial charge < -0.3 is 20.3 Å². The molecule has 0 aromatic heterocycles. The number of unbranched alkanes of at least 4 members (excludes halogenated alkanes) is 59. The molecular weight excluding hydrogens is 971 g/mol. The summed E-state index contributed by atoms with van der Waals surface area (Å²) in [4.78, 5) is 24.6. The molecule has 0 aromatic carbocycles. The first kappa shape index (κ1) is 77.9. The minimum Gasteiger partial charge on any atom is -0.466 e. The minimum atomic E-state index is -0.660. The Balaban J connectivity index is 3.30. The van der Waals surface area contributed by atoms with Crippen LogP contribution in [-0.4, -0.2) is 47.4 Å². The van der Waals surface area contributed by atoms with Crippen molar-refractivity contribution in [2.24, 2.45) is 0 Å². The minimum absolute atomic E-state index is 0.0247. The molecule has 0 aliphatic rings. The predicted octanol–water partition coefficient (Wildman–Crippen LogP) is 23.8. The number of rotatable bonds is 70. The van der Waals surface area contributed by atoms with E-state index in [4.69, 9.17) is 4.74 Å². The Morgan fingerprint density at radius 1 is 0.304 bits per heavy atom. The second kappa shape index (κ2) is 69.4. The Morgan fingerprint density at radius 2 is 0.519 bits per heavy atom. The number of aliphatic hydroxyl groups is 2. The summed E-state index contributed by atoms with van der Waals surface area (Å²) in [7, 11) is 0. The van der Waals surface area contributed by atoms with Crippen molar-refractivity contribution in [3.05, 3.63) is 0 Å². The van der Waals surface area contributed by atoms with Crippen molar-refractivity contribution in [3.63, 3.8) is 0 Å². The molecule has 0 fully saturated rings. The molecule has 1 amide bonds. The fourth-order valence-corrected chi connectivity index (χ4v) is 12.1. The summed E-state index contributed by atoms with van der Waals surface area (Å²) in [5, 5.41) is 23.4. The second-order valence-corrected chi connectivity index (χ2v) is 25.6. The zero-order valence-corrected chi connectivity index (χ0v) is 54.2. The van der Waals surface area contributed by atoms with Crippen LogP contribution in [0.3, 0.4) is 0 Å². The fourth-order valence-electron chi connectivity index (χ4n) is 12.1. The Hall–Kier alpha value is -1.14. The standard InChI is InChI=1S/C73H145NO5/c1-3-5-7-9-11-13-15-17-19-38-41-45-49-53-57-61-65-71(76)70(69-75)74-72(77)66-62-58-54-50-46-42-39-36-34-32-30-28-26-24-22-20-21-23-25-27-29-31-33-35-37-40-44-48-52-56-60-64-68-79-73(78)67-63-59-55-51-47-43-18-16-14-12-10-8-6-4-2/h70-71,75-76H,3-69H2,1-2H3,(H,74,77). The highest BCUT2D eigenvalue weighted by molar-refractivity contribution is 5.76. The Bertz CT molecular complexity index is 1150. The van der Waals surface area contributed by atoms with Crippen LogP contribution in [0.25, 0.3) is 0 Å². The molecule has 2 atom stereocenters. The quantitative estimate of drug-likeness (QED) is 0.0417. The van der Waals surface area contributed by atoms with Crippen molar-refractivity contribution in [2.75, 3.05) is 13.2 Å². The normalized spacial score (nSPS) is 12.4. The third-order valence-corrected chi connectivity index (χ3v) is 17.7. The molecular formula is C73H145NO5. The van der Waals surface area contributed by atoms with E-state index in [2.05, 4.69) is 19.2 Å². The topological polar surface area (TPSA) is 95.9 Å².